The molecule has 0 fully saturated rings. The molecule has 0 amide bonds. The van der Waals surface area contributed by atoms with E-state index in [0.717, 1.165) is 0 Å². The van der Waals surface area contributed by atoms with Crippen molar-refractivity contribution in [1.29, 1.82) is 0 Å². The fourth-order valence-electron chi connectivity index (χ4n) is 1.06. The number of nitrogens with one attached hydrogen (secondary N) is 1. The highest BCUT2D eigenvalue weighted by Gasteiger charge is 2.18. The third-order valence-corrected chi connectivity index (χ3v) is 4.29. The molecule has 0 bridgehead atoms. The maximum absolute atomic E-state index is 11.9. The number of sulfonamides is 1. The zero-order chi connectivity index (χ0) is 12.3. The number of benzene rings is 1. The van der Waals surface area contributed by atoms with Crippen LogP contribution >= 0.6 is 11.6 Å². The Morgan fingerprint density at radius 2 is 1.62 bits per heavy atom. The van der Waals surface area contributed by atoms with Crippen LogP contribution in [0.15, 0.2) is 29.2 Å². The van der Waals surface area contributed by atoms with Gasteiger partial charge in [-0.1, -0.05) is 25.4 Å². The van der Waals surface area contributed by atoms with Crippen LogP contribution in [0.5, 0.6) is 0 Å². The number of hydrogen-bond donors (Lipinski definition) is 1. The van der Waals surface area contributed by atoms with E-state index in [1.54, 1.807) is 12.1 Å². The minimum absolute atomic E-state index is 0.0966. The first-order valence-corrected chi connectivity index (χ1v) is 6.97. The molecule has 0 heterocycles. The second-order valence-electron chi connectivity index (χ2n) is 4.11. The van der Waals surface area contributed by atoms with Gasteiger partial charge in [0.05, 0.1) is 4.90 Å². The molecule has 0 aliphatic heterocycles. The molecule has 0 saturated heterocycles. The van der Waals surface area contributed by atoms with E-state index >= 15 is 0 Å². The van der Waals surface area contributed by atoms with Crippen LogP contribution in [0.1, 0.15) is 20.8 Å². The smallest absolute Gasteiger partial charge is 0.208 e. The number of hydrogen-bond acceptors (Lipinski definition) is 2. The minimum atomic E-state index is -3.43. The van der Waals surface area contributed by atoms with E-state index in [0.29, 0.717) is 5.02 Å². The molecule has 0 aliphatic carbocycles. The summed E-state index contributed by atoms with van der Waals surface area (Å²) >= 11 is 5.70. The third-order valence-electron chi connectivity index (χ3n) is 2.46. The lowest BCUT2D eigenvalue weighted by atomic mass is 10.1. The van der Waals surface area contributed by atoms with E-state index in [9.17, 15) is 8.42 Å². The zero-order valence-corrected chi connectivity index (χ0v) is 11.1. The SMILES string of the molecule is CC(C)[C@H](C)NS(=O)(=O)c1ccc(Cl)cc1. The summed E-state index contributed by atoms with van der Waals surface area (Å²) in [5, 5.41) is 0.524. The van der Waals surface area contributed by atoms with Gasteiger partial charge in [-0.25, -0.2) is 13.1 Å². The molecule has 0 aromatic heterocycles. The fraction of sp³-hybridized carbons (Fsp3) is 0.455. The van der Waals surface area contributed by atoms with Gasteiger partial charge in [0.2, 0.25) is 10.0 Å². The largest absolute Gasteiger partial charge is 0.240 e. The molecule has 1 aromatic rings. The van der Waals surface area contributed by atoms with Crippen LogP contribution in [0.2, 0.25) is 5.02 Å². The molecule has 0 radical (unpaired) electrons. The second-order valence-corrected chi connectivity index (χ2v) is 6.26. The summed E-state index contributed by atoms with van der Waals surface area (Å²) in [6, 6.07) is 6.03. The van der Waals surface area contributed by atoms with Crippen molar-refractivity contribution in [2.75, 3.05) is 0 Å². The number of rotatable bonds is 4. The Hall–Kier alpha value is -0.580. The van der Waals surface area contributed by atoms with Crippen LogP contribution in [-0.4, -0.2) is 14.5 Å². The summed E-state index contributed by atoms with van der Waals surface area (Å²) in [7, 11) is -3.43. The Morgan fingerprint density at radius 1 is 1.12 bits per heavy atom. The average Bonchev–Trinajstić information content (AvgIpc) is 2.17. The van der Waals surface area contributed by atoms with Crippen LogP contribution in [0.3, 0.4) is 0 Å². The first kappa shape index (κ1) is 13.5. The standard InChI is InChI=1S/C11H16ClNO2S/c1-8(2)9(3)13-16(14,15)11-6-4-10(12)5-7-11/h4-9,13H,1-3H3/t9-/m0/s1. The van der Waals surface area contributed by atoms with Gasteiger partial charge in [0.1, 0.15) is 0 Å². The van der Waals surface area contributed by atoms with Crippen molar-refractivity contribution < 1.29 is 8.42 Å². The van der Waals surface area contributed by atoms with Crippen LogP contribution < -0.4 is 4.72 Å². The molecule has 1 N–H and O–H groups in total. The summed E-state index contributed by atoms with van der Waals surface area (Å²) in [4.78, 5) is 0.240. The molecular weight excluding hydrogens is 246 g/mol. The van der Waals surface area contributed by atoms with E-state index in [4.69, 9.17) is 11.6 Å². The van der Waals surface area contributed by atoms with Gasteiger partial charge in [-0.05, 0) is 37.1 Å². The molecule has 0 spiro atoms. The summed E-state index contributed by atoms with van der Waals surface area (Å²) < 4.78 is 26.4. The predicted octanol–water partition coefficient (Wildman–Crippen LogP) is 2.66. The highest BCUT2D eigenvalue weighted by Crippen LogP contribution is 2.15. The van der Waals surface area contributed by atoms with Crippen molar-refractivity contribution in [2.45, 2.75) is 31.7 Å². The van der Waals surface area contributed by atoms with Gasteiger partial charge >= 0.3 is 0 Å². The molecule has 3 nitrogen and oxygen atoms in total. The van der Waals surface area contributed by atoms with E-state index in [2.05, 4.69) is 4.72 Å². The van der Waals surface area contributed by atoms with Crippen LogP contribution in [0.4, 0.5) is 0 Å². The van der Waals surface area contributed by atoms with Crippen molar-refractivity contribution in [3.63, 3.8) is 0 Å². The Balaban J connectivity index is 2.90. The maximum atomic E-state index is 11.9. The van der Waals surface area contributed by atoms with Gasteiger partial charge in [0.25, 0.3) is 0 Å². The van der Waals surface area contributed by atoms with Gasteiger partial charge in [0.15, 0.2) is 0 Å². The summed E-state index contributed by atoms with van der Waals surface area (Å²) in [5.41, 5.74) is 0. The van der Waals surface area contributed by atoms with Gasteiger partial charge in [0, 0.05) is 11.1 Å². The molecule has 1 aromatic carbocycles. The first-order valence-electron chi connectivity index (χ1n) is 5.11. The highest BCUT2D eigenvalue weighted by atomic mass is 35.5. The molecule has 5 heteroatoms. The second kappa shape index (κ2) is 5.17. The molecule has 90 valence electrons. The zero-order valence-electron chi connectivity index (χ0n) is 9.57. The van der Waals surface area contributed by atoms with Gasteiger partial charge in [-0.15, -0.1) is 0 Å². The molecule has 0 unspecified atom stereocenters. The topological polar surface area (TPSA) is 46.2 Å². The normalized spacial score (nSPS) is 14.1. The van der Waals surface area contributed by atoms with Crippen molar-refractivity contribution >= 4 is 21.6 Å². The van der Waals surface area contributed by atoms with Crippen LogP contribution in [0.25, 0.3) is 0 Å². The number of halogens is 1. The lowest BCUT2D eigenvalue weighted by Gasteiger charge is -2.17. The maximum Gasteiger partial charge on any atom is 0.240 e. The predicted molar refractivity (Wildman–Crippen MR) is 66.1 cm³/mol. The van der Waals surface area contributed by atoms with Gasteiger partial charge in [-0.2, -0.15) is 0 Å². The Bertz CT molecular complexity index is 440. The monoisotopic (exact) mass is 261 g/mol. The van der Waals surface area contributed by atoms with Crippen molar-refractivity contribution in [2.24, 2.45) is 5.92 Å². The van der Waals surface area contributed by atoms with E-state index in [1.807, 2.05) is 20.8 Å². The molecule has 0 aliphatic rings. The van der Waals surface area contributed by atoms with Gasteiger partial charge in [-0.3, -0.25) is 0 Å². The first-order chi connectivity index (χ1) is 7.33. The van der Waals surface area contributed by atoms with Crippen molar-refractivity contribution in [1.82, 2.24) is 4.72 Å². The van der Waals surface area contributed by atoms with Crippen LogP contribution in [0, 0.1) is 5.92 Å². The fourth-order valence-corrected chi connectivity index (χ4v) is 2.58. The highest BCUT2D eigenvalue weighted by molar-refractivity contribution is 7.89. The van der Waals surface area contributed by atoms with E-state index < -0.39 is 10.0 Å². The quantitative estimate of drug-likeness (QED) is 0.906. The van der Waals surface area contributed by atoms with Crippen molar-refractivity contribution in [3.8, 4) is 0 Å². The lowest BCUT2D eigenvalue weighted by Crippen LogP contribution is -2.36. The van der Waals surface area contributed by atoms with E-state index in [1.165, 1.54) is 12.1 Å². The Morgan fingerprint density at radius 3 is 2.06 bits per heavy atom. The average molecular weight is 262 g/mol. The third kappa shape index (κ3) is 3.47. The summed E-state index contributed by atoms with van der Waals surface area (Å²) in [5.74, 6) is 0.252. The molecule has 1 atom stereocenters. The van der Waals surface area contributed by atoms with Gasteiger partial charge < -0.3 is 0 Å². The molecule has 1 rings (SSSR count). The summed E-state index contributed by atoms with van der Waals surface area (Å²) in [6.45, 7) is 5.78. The van der Waals surface area contributed by atoms with E-state index in [-0.39, 0.29) is 16.9 Å². The molecule has 0 saturated carbocycles. The molecular formula is C11H16ClNO2S. The van der Waals surface area contributed by atoms with Crippen molar-refractivity contribution in [3.05, 3.63) is 29.3 Å². The molecule has 16 heavy (non-hydrogen) atoms. The lowest BCUT2D eigenvalue weighted by molar-refractivity contribution is 0.476. The minimum Gasteiger partial charge on any atom is -0.208 e. The Kier molecular flexibility index (Phi) is 4.35. The Labute approximate surface area is 102 Å². The van der Waals surface area contributed by atoms with Crippen LogP contribution in [-0.2, 0) is 10.0 Å². The summed E-state index contributed by atoms with van der Waals surface area (Å²) in [6.07, 6.45) is 0.